The molecule has 0 radical (unpaired) electrons. The van der Waals surface area contributed by atoms with Crippen molar-refractivity contribution in [1.82, 2.24) is 5.32 Å². The van der Waals surface area contributed by atoms with Gasteiger partial charge >= 0.3 is 0 Å². The molecule has 2 aromatic carbocycles. The summed E-state index contributed by atoms with van der Waals surface area (Å²) >= 11 is 0. The maximum absolute atomic E-state index is 12.3. The van der Waals surface area contributed by atoms with Gasteiger partial charge in [-0.2, -0.15) is 0 Å². The van der Waals surface area contributed by atoms with Crippen LogP contribution in [0.3, 0.4) is 0 Å². The van der Waals surface area contributed by atoms with Gasteiger partial charge < -0.3 is 19.5 Å². The topological polar surface area (TPSA) is 56.8 Å². The van der Waals surface area contributed by atoms with Gasteiger partial charge in [0.1, 0.15) is 5.75 Å². The van der Waals surface area contributed by atoms with Crippen molar-refractivity contribution >= 4 is 5.91 Å². The molecule has 0 saturated carbocycles. The molecule has 0 saturated heterocycles. The highest BCUT2D eigenvalue weighted by atomic mass is 16.5. The third-order valence-electron chi connectivity index (χ3n) is 4.22. The summed E-state index contributed by atoms with van der Waals surface area (Å²) in [5, 5.41) is 2.90. The zero-order chi connectivity index (χ0) is 20.0. The van der Waals surface area contributed by atoms with Crippen molar-refractivity contribution in [2.45, 2.75) is 53.4 Å². The Morgan fingerprint density at radius 3 is 2.33 bits per heavy atom. The van der Waals surface area contributed by atoms with Gasteiger partial charge in [-0.3, -0.25) is 4.79 Å². The predicted molar refractivity (Wildman–Crippen MR) is 107 cm³/mol. The first kappa shape index (κ1) is 20.6. The van der Waals surface area contributed by atoms with Crippen LogP contribution in [0.5, 0.6) is 17.2 Å². The Balaban J connectivity index is 1.94. The second-order valence-corrected chi connectivity index (χ2v) is 6.88. The summed E-state index contributed by atoms with van der Waals surface area (Å²) < 4.78 is 16.8. The van der Waals surface area contributed by atoms with Gasteiger partial charge in [0.25, 0.3) is 5.91 Å². The molecule has 1 amide bonds. The first-order valence-electron chi connectivity index (χ1n) is 9.15. The summed E-state index contributed by atoms with van der Waals surface area (Å²) in [6, 6.07) is 11.4. The van der Waals surface area contributed by atoms with Crippen molar-refractivity contribution in [1.29, 1.82) is 0 Å². The molecular formula is C22H29NO4. The van der Waals surface area contributed by atoms with Crippen LogP contribution in [0.4, 0.5) is 0 Å². The number of aryl methyl sites for hydroxylation is 2. The van der Waals surface area contributed by atoms with E-state index >= 15 is 0 Å². The molecule has 0 heterocycles. The Labute approximate surface area is 161 Å². The minimum atomic E-state index is -0.586. The van der Waals surface area contributed by atoms with Gasteiger partial charge in [0.2, 0.25) is 0 Å². The zero-order valence-electron chi connectivity index (χ0n) is 17.0. The average molecular weight is 371 g/mol. The van der Waals surface area contributed by atoms with Gasteiger partial charge in [-0.15, -0.1) is 0 Å². The van der Waals surface area contributed by atoms with Crippen molar-refractivity contribution in [3.05, 3.63) is 53.1 Å². The number of benzene rings is 2. The molecule has 0 fully saturated rings. The highest BCUT2D eigenvalue weighted by molar-refractivity contribution is 5.80. The molecule has 0 aliphatic carbocycles. The first-order chi connectivity index (χ1) is 12.8. The Bertz CT molecular complexity index is 786. The molecule has 5 nitrogen and oxygen atoms in total. The molecular weight excluding hydrogens is 342 g/mol. The molecule has 146 valence electrons. The minimum Gasteiger partial charge on any atom is -0.493 e. The SMILES string of the molecule is COc1cc(CNC(=O)[C@H](C)Oc2ccc(C)c(C)c2)ccc1OC(C)C. The van der Waals surface area contributed by atoms with Gasteiger partial charge in [0.05, 0.1) is 13.2 Å². The maximum Gasteiger partial charge on any atom is 0.261 e. The smallest absolute Gasteiger partial charge is 0.261 e. The fraction of sp³-hybridized carbons (Fsp3) is 0.409. The maximum atomic E-state index is 12.3. The van der Waals surface area contributed by atoms with Crippen molar-refractivity contribution in [2.75, 3.05) is 7.11 Å². The van der Waals surface area contributed by atoms with E-state index < -0.39 is 6.10 Å². The van der Waals surface area contributed by atoms with Crippen molar-refractivity contribution in [2.24, 2.45) is 0 Å². The van der Waals surface area contributed by atoms with Gasteiger partial charge in [-0.25, -0.2) is 0 Å². The van der Waals surface area contributed by atoms with E-state index in [1.807, 2.05) is 64.1 Å². The molecule has 5 heteroatoms. The van der Waals surface area contributed by atoms with E-state index in [2.05, 4.69) is 5.32 Å². The Kier molecular flexibility index (Phi) is 7.11. The number of carbonyl (C=O) groups excluding carboxylic acids is 1. The van der Waals surface area contributed by atoms with E-state index in [1.165, 1.54) is 5.56 Å². The molecule has 0 aliphatic rings. The first-order valence-corrected chi connectivity index (χ1v) is 9.15. The number of ether oxygens (including phenoxy) is 3. The normalized spacial score (nSPS) is 11.8. The van der Waals surface area contributed by atoms with Gasteiger partial charge in [0.15, 0.2) is 17.6 Å². The van der Waals surface area contributed by atoms with E-state index in [-0.39, 0.29) is 12.0 Å². The Morgan fingerprint density at radius 1 is 0.963 bits per heavy atom. The van der Waals surface area contributed by atoms with E-state index in [4.69, 9.17) is 14.2 Å². The lowest BCUT2D eigenvalue weighted by atomic mass is 10.1. The lowest BCUT2D eigenvalue weighted by Gasteiger charge is -2.17. The van der Waals surface area contributed by atoms with Crippen LogP contribution < -0.4 is 19.5 Å². The predicted octanol–water partition coefficient (Wildman–Crippen LogP) is 4.18. The largest absolute Gasteiger partial charge is 0.493 e. The third kappa shape index (κ3) is 5.91. The van der Waals surface area contributed by atoms with Gasteiger partial charge in [-0.1, -0.05) is 12.1 Å². The van der Waals surface area contributed by atoms with Crippen LogP contribution in [0.1, 0.15) is 37.5 Å². The van der Waals surface area contributed by atoms with Crippen LogP contribution in [0.25, 0.3) is 0 Å². The molecule has 0 spiro atoms. The second-order valence-electron chi connectivity index (χ2n) is 6.88. The molecule has 27 heavy (non-hydrogen) atoms. The summed E-state index contributed by atoms with van der Waals surface area (Å²) in [5.41, 5.74) is 3.25. The molecule has 0 aliphatic heterocycles. The zero-order valence-corrected chi connectivity index (χ0v) is 17.0. The number of methoxy groups -OCH3 is 1. The number of hydrogen-bond acceptors (Lipinski definition) is 4. The minimum absolute atomic E-state index is 0.0628. The molecule has 1 atom stereocenters. The molecule has 0 bridgehead atoms. The molecule has 0 aromatic heterocycles. The van der Waals surface area contributed by atoms with Crippen molar-refractivity contribution in [3.8, 4) is 17.2 Å². The Morgan fingerprint density at radius 2 is 1.70 bits per heavy atom. The third-order valence-corrected chi connectivity index (χ3v) is 4.22. The molecule has 1 N–H and O–H groups in total. The molecule has 2 aromatic rings. The monoisotopic (exact) mass is 371 g/mol. The quantitative estimate of drug-likeness (QED) is 0.756. The number of amides is 1. The summed E-state index contributed by atoms with van der Waals surface area (Å²) in [6.45, 7) is 10.1. The second kappa shape index (κ2) is 9.31. The van der Waals surface area contributed by atoms with Crippen LogP contribution in [0, 0.1) is 13.8 Å². The molecule has 0 unspecified atom stereocenters. The lowest BCUT2D eigenvalue weighted by Crippen LogP contribution is -2.35. The van der Waals surface area contributed by atoms with Crippen LogP contribution in [-0.4, -0.2) is 25.2 Å². The number of hydrogen-bond donors (Lipinski definition) is 1. The fourth-order valence-electron chi connectivity index (χ4n) is 2.55. The highest BCUT2D eigenvalue weighted by Gasteiger charge is 2.15. The van der Waals surface area contributed by atoms with Crippen molar-refractivity contribution in [3.63, 3.8) is 0 Å². The van der Waals surface area contributed by atoms with Crippen LogP contribution in [-0.2, 0) is 11.3 Å². The molecule has 2 rings (SSSR count). The Hall–Kier alpha value is -2.69. The fourth-order valence-corrected chi connectivity index (χ4v) is 2.55. The van der Waals surface area contributed by atoms with Crippen LogP contribution >= 0.6 is 0 Å². The highest BCUT2D eigenvalue weighted by Crippen LogP contribution is 2.29. The summed E-state index contributed by atoms with van der Waals surface area (Å²) in [7, 11) is 1.60. The van der Waals surface area contributed by atoms with Crippen LogP contribution in [0.15, 0.2) is 36.4 Å². The number of rotatable bonds is 8. The van der Waals surface area contributed by atoms with Crippen LogP contribution in [0.2, 0.25) is 0 Å². The summed E-state index contributed by atoms with van der Waals surface area (Å²) in [6.07, 6.45) is -0.523. The lowest BCUT2D eigenvalue weighted by molar-refractivity contribution is -0.127. The van der Waals surface area contributed by atoms with Crippen molar-refractivity contribution < 1.29 is 19.0 Å². The standard InChI is InChI=1S/C22H29NO4/c1-14(2)26-20-10-8-18(12-21(20)25-6)13-23-22(24)17(5)27-19-9-7-15(3)16(4)11-19/h7-12,14,17H,13H2,1-6H3,(H,23,24)/t17-/m0/s1. The van der Waals surface area contributed by atoms with E-state index in [1.54, 1.807) is 14.0 Å². The van der Waals surface area contributed by atoms with Gasteiger partial charge in [-0.05, 0) is 75.6 Å². The number of nitrogens with one attached hydrogen (secondary N) is 1. The summed E-state index contributed by atoms with van der Waals surface area (Å²) in [5.74, 6) is 1.86. The number of carbonyl (C=O) groups is 1. The van der Waals surface area contributed by atoms with Gasteiger partial charge in [0, 0.05) is 6.54 Å². The summed E-state index contributed by atoms with van der Waals surface area (Å²) in [4.78, 5) is 12.3. The van der Waals surface area contributed by atoms with E-state index in [0.29, 0.717) is 23.8 Å². The van der Waals surface area contributed by atoms with E-state index in [9.17, 15) is 4.79 Å². The van der Waals surface area contributed by atoms with E-state index in [0.717, 1.165) is 11.1 Å². The average Bonchev–Trinajstić information content (AvgIpc) is 2.63.